The smallest absolute Gasteiger partial charge is 0.251 e. The zero-order valence-corrected chi connectivity index (χ0v) is 16.5. The molecule has 0 fully saturated rings. The fourth-order valence-corrected chi connectivity index (χ4v) is 3.16. The average Bonchev–Trinajstić information content (AvgIpc) is 2.72. The molecule has 3 rings (SSSR count). The van der Waals surface area contributed by atoms with Gasteiger partial charge in [0.25, 0.3) is 5.56 Å². The minimum Gasteiger partial charge on any atom is -0.508 e. The fourth-order valence-electron chi connectivity index (χ4n) is 3.16. The number of hydrogen-bond donors (Lipinski definition) is 3. The number of phenolic OH excluding ortho intramolecular Hbond substituents is 1. The Morgan fingerprint density at radius 2 is 1.76 bits per heavy atom. The van der Waals surface area contributed by atoms with E-state index in [0.29, 0.717) is 42.0 Å². The number of aromatic nitrogens is 1. The Kier molecular flexibility index (Phi) is 6.39. The molecule has 7 heteroatoms. The number of benzene rings is 2. The van der Waals surface area contributed by atoms with E-state index in [-0.39, 0.29) is 23.6 Å². The maximum absolute atomic E-state index is 12.3. The summed E-state index contributed by atoms with van der Waals surface area (Å²) in [6.45, 7) is 0.418. The third-order valence-corrected chi connectivity index (χ3v) is 4.75. The van der Waals surface area contributed by atoms with Crippen LogP contribution in [0.3, 0.4) is 0 Å². The molecule has 0 radical (unpaired) electrons. The number of ether oxygens (including phenoxy) is 2. The fraction of sp³-hybridized carbons (Fsp3) is 0.273. The molecule has 0 bridgehead atoms. The number of nitrogens with one attached hydrogen (secondary N) is 2. The van der Waals surface area contributed by atoms with Crippen LogP contribution >= 0.6 is 0 Å². The first kappa shape index (κ1) is 20.3. The first-order valence-electron chi connectivity index (χ1n) is 9.33. The van der Waals surface area contributed by atoms with Gasteiger partial charge in [-0.25, -0.2) is 0 Å². The van der Waals surface area contributed by atoms with Gasteiger partial charge >= 0.3 is 0 Å². The molecule has 1 heterocycles. The van der Waals surface area contributed by atoms with E-state index in [0.717, 1.165) is 10.9 Å². The number of pyridine rings is 1. The second-order valence-electron chi connectivity index (χ2n) is 6.65. The molecule has 3 N–H and O–H groups in total. The number of amides is 1. The second kappa shape index (κ2) is 9.14. The minimum absolute atomic E-state index is 0.146. The second-order valence-corrected chi connectivity index (χ2v) is 6.65. The predicted octanol–water partition coefficient (Wildman–Crippen LogP) is 2.54. The van der Waals surface area contributed by atoms with Crippen molar-refractivity contribution >= 4 is 16.8 Å². The highest BCUT2D eigenvalue weighted by molar-refractivity contribution is 5.83. The Morgan fingerprint density at radius 3 is 2.48 bits per heavy atom. The van der Waals surface area contributed by atoms with Gasteiger partial charge in [0.15, 0.2) is 11.5 Å². The number of aryl methyl sites for hydroxylation is 1. The predicted molar refractivity (Wildman–Crippen MR) is 111 cm³/mol. The molecule has 1 aromatic heterocycles. The number of para-hydroxylation sites is 1. The van der Waals surface area contributed by atoms with E-state index < -0.39 is 0 Å². The highest BCUT2D eigenvalue weighted by Crippen LogP contribution is 2.31. The third-order valence-electron chi connectivity index (χ3n) is 4.75. The molecule has 0 aliphatic rings. The number of H-pyrrole nitrogens is 1. The summed E-state index contributed by atoms with van der Waals surface area (Å²) in [6, 6.07) is 12.3. The molecule has 0 saturated carbocycles. The van der Waals surface area contributed by atoms with Crippen LogP contribution in [0.4, 0.5) is 0 Å². The van der Waals surface area contributed by atoms with Gasteiger partial charge in [-0.1, -0.05) is 18.2 Å². The Hall–Kier alpha value is -3.48. The van der Waals surface area contributed by atoms with Crippen molar-refractivity contribution in [2.75, 3.05) is 20.8 Å². The zero-order chi connectivity index (χ0) is 20.8. The normalized spacial score (nSPS) is 10.7. The van der Waals surface area contributed by atoms with E-state index in [2.05, 4.69) is 10.3 Å². The maximum atomic E-state index is 12.3. The van der Waals surface area contributed by atoms with Gasteiger partial charge in [-0.3, -0.25) is 9.59 Å². The maximum Gasteiger partial charge on any atom is 0.251 e. The summed E-state index contributed by atoms with van der Waals surface area (Å²) in [5.74, 6) is 1.18. The van der Waals surface area contributed by atoms with Crippen molar-refractivity contribution in [3.05, 3.63) is 63.9 Å². The zero-order valence-electron chi connectivity index (χ0n) is 16.5. The van der Waals surface area contributed by atoms with Crippen LogP contribution in [0.25, 0.3) is 10.9 Å². The first-order chi connectivity index (χ1) is 14.0. The Balaban J connectivity index is 1.62. The Bertz CT molecular complexity index is 1070. The molecule has 0 aliphatic carbocycles. The van der Waals surface area contributed by atoms with Crippen LogP contribution < -0.4 is 20.3 Å². The molecule has 0 saturated heterocycles. The summed E-state index contributed by atoms with van der Waals surface area (Å²) in [5.41, 5.74) is 1.72. The molecule has 152 valence electrons. The molecule has 0 unspecified atom stereocenters. The topological polar surface area (TPSA) is 101 Å². The largest absolute Gasteiger partial charge is 0.508 e. The molecular formula is C22H24N2O5. The SMILES string of the molecule is COc1cc2cc(CCC(=O)NCCc3ccccc3O)c(=O)[nH]c2cc1OC. The number of hydrogen-bond acceptors (Lipinski definition) is 5. The van der Waals surface area contributed by atoms with Crippen LogP contribution in [0.5, 0.6) is 17.2 Å². The molecule has 1 amide bonds. The summed E-state index contributed by atoms with van der Waals surface area (Å²) in [5, 5.41) is 13.4. The van der Waals surface area contributed by atoms with Gasteiger partial charge in [0.2, 0.25) is 5.91 Å². The van der Waals surface area contributed by atoms with Crippen LogP contribution in [0.15, 0.2) is 47.3 Å². The molecule has 2 aromatic carbocycles. The van der Waals surface area contributed by atoms with Crippen molar-refractivity contribution in [2.45, 2.75) is 19.3 Å². The van der Waals surface area contributed by atoms with Crippen LogP contribution in [0.2, 0.25) is 0 Å². The lowest BCUT2D eigenvalue weighted by atomic mass is 10.1. The van der Waals surface area contributed by atoms with E-state index in [9.17, 15) is 14.7 Å². The van der Waals surface area contributed by atoms with Crippen molar-refractivity contribution < 1.29 is 19.4 Å². The number of carbonyl (C=O) groups excluding carboxylic acids is 1. The molecule has 3 aromatic rings. The van der Waals surface area contributed by atoms with Gasteiger partial charge in [0.1, 0.15) is 5.75 Å². The first-order valence-corrected chi connectivity index (χ1v) is 9.33. The van der Waals surface area contributed by atoms with Crippen molar-refractivity contribution in [1.82, 2.24) is 10.3 Å². The van der Waals surface area contributed by atoms with Crippen LogP contribution in [0, 0.1) is 0 Å². The number of carbonyl (C=O) groups is 1. The molecule has 0 spiro atoms. The minimum atomic E-state index is -0.230. The standard InChI is InChI=1S/C22H24N2O5/c1-28-19-12-16-11-15(22(27)24-17(16)13-20(19)29-2)7-8-21(26)23-10-9-14-5-3-4-6-18(14)25/h3-6,11-13,25H,7-10H2,1-2H3,(H,23,26)(H,24,27). The number of fused-ring (bicyclic) bond motifs is 1. The molecule has 0 atom stereocenters. The van der Waals surface area contributed by atoms with E-state index in [1.54, 1.807) is 37.4 Å². The van der Waals surface area contributed by atoms with Gasteiger partial charge in [-0.2, -0.15) is 0 Å². The lowest BCUT2D eigenvalue weighted by molar-refractivity contribution is -0.121. The van der Waals surface area contributed by atoms with Gasteiger partial charge in [0, 0.05) is 30.0 Å². The summed E-state index contributed by atoms with van der Waals surface area (Å²) in [6.07, 6.45) is 1.06. The van der Waals surface area contributed by atoms with Crippen molar-refractivity contribution in [3.8, 4) is 17.2 Å². The quantitative estimate of drug-likeness (QED) is 0.543. The monoisotopic (exact) mass is 396 g/mol. The number of rotatable bonds is 8. The van der Waals surface area contributed by atoms with Crippen molar-refractivity contribution in [2.24, 2.45) is 0 Å². The molecule has 29 heavy (non-hydrogen) atoms. The van der Waals surface area contributed by atoms with Gasteiger partial charge in [-0.05, 0) is 36.6 Å². The van der Waals surface area contributed by atoms with Crippen LogP contribution in [0.1, 0.15) is 17.5 Å². The summed E-state index contributed by atoms with van der Waals surface area (Å²) in [7, 11) is 3.09. The third kappa shape index (κ3) is 4.87. The lowest BCUT2D eigenvalue weighted by Gasteiger charge is -2.10. The van der Waals surface area contributed by atoms with Gasteiger partial charge in [0.05, 0.1) is 19.7 Å². The lowest BCUT2D eigenvalue weighted by Crippen LogP contribution is -2.26. The highest BCUT2D eigenvalue weighted by Gasteiger charge is 2.11. The van der Waals surface area contributed by atoms with Gasteiger partial charge in [-0.15, -0.1) is 0 Å². The number of aromatic amines is 1. The van der Waals surface area contributed by atoms with Gasteiger partial charge < -0.3 is 24.9 Å². The van der Waals surface area contributed by atoms with E-state index >= 15 is 0 Å². The number of methoxy groups -OCH3 is 2. The highest BCUT2D eigenvalue weighted by atomic mass is 16.5. The van der Waals surface area contributed by atoms with E-state index in [4.69, 9.17) is 9.47 Å². The van der Waals surface area contributed by atoms with E-state index in [1.807, 2.05) is 12.1 Å². The van der Waals surface area contributed by atoms with Crippen molar-refractivity contribution in [1.29, 1.82) is 0 Å². The summed E-state index contributed by atoms with van der Waals surface area (Å²) < 4.78 is 10.6. The number of phenols is 1. The van der Waals surface area contributed by atoms with Crippen molar-refractivity contribution in [3.63, 3.8) is 0 Å². The Labute approximate surface area is 168 Å². The summed E-state index contributed by atoms with van der Waals surface area (Å²) >= 11 is 0. The van der Waals surface area contributed by atoms with Crippen LogP contribution in [-0.4, -0.2) is 36.8 Å². The van der Waals surface area contributed by atoms with Crippen LogP contribution in [-0.2, 0) is 17.6 Å². The average molecular weight is 396 g/mol. The molecule has 0 aliphatic heterocycles. The van der Waals surface area contributed by atoms with E-state index in [1.165, 1.54) is 7.11 Å². The Morgan fingerprint density at radius 1 is 1.03 bits per heavy atom. The molecule has 7 nitrogen and oxygen atoms in total. The summed E-state index contributed by atoms with van der Waals surface area (Å²) in [4.78, 5) is 27.3. The number of aromatic hydroxyl groups is 1. The molecular weight excluding hydrogens is 372 g/mol.